The number of aromatic nitrogens is 2. The first-order chi connectivity index (χ1) is 8.08. The fourth-order valence-electron chi connectivity index (χ4n) is 1.18. The summed E-state index contributed by atoms with van der Waals surface area (Å²) in [4.78, 5) is 7.67. The molecular formula is C10H12N4Na2O2S. The van der Waals surface area contributed by atoms with Crippen LogP contribution in [0.1, 0.15) is 2.85 Å². The van der Waals surface area contributed by atoms with Crippen molar-refractivity contribution < 1.29 is 70.4 Å². The van der Waals surface area contributed by atoms with Crippen LogP contribution in [0.3, 0.4) is 0 Å². The van der Waals surface area contributed by atoms with Gasteiger partial charge in [-0.3, -0.25) is 0 Å². The van der Waals surface area contributed by atoms with E-state index in [9.17, 15) is 8.42 Å². The molecule has 19 heavy (non-hydrogen) atoms. The normalized spacial score (nSPS) is 9.89. The molecule has 0 unspecified atom stereocenters. The van der Waals surface area contributed by atoms with Crippen molar-refractivity contribution in [1.29, 1.82) is 0 Å². The predicted molar refractivity (Wildman–Crippen MR) is 65.9 cm³/mol. The summed E-state index contributed by atoms with van der Waals surface area (Å²) in [6.07, 6.45) is 2.90. The monoisotopic (exact) mass is 298 g/mol. The van der Waals surface area contributed by atoms with E-state index in [2.05, 4.69) is 14.7 Å². The van der Waals surface area contributed by atoms with Crippen LogP contribution in [0, 0.1) is 0 Å². The Labute approximate surface area is 158 Å². The number of rotatable bonds is 3. The number of hydrogen-bond acceptors (Lipinski definition) is 5. The van der Waals surface area contributed by atoms with E-state index in [0.29, 0.717) is 5.69 Å². The topological polar surface area (TPSA) is 98.0 Å². The zero-order valence-corrected chi connectivity index (χ0v) is 15.6. The molecule has 1 aromatic carbocycles. The van der Waals surface area contributed by atoms with Crippen LogP contribution >= 0.6 is 0 Å². The molecule has 0 saturated carbocycles. The molecule has 0 aliphatic rings. The summed E-state index contributed by atoms with van der Waals surface area (Å²) < 4.78 is 26.0. The van der Waals surface area contributed by atoms with Gasteiger partial charge in [-0.05, 0) is 30.3 Å². The summed E-state index contributed by atoms with van der Waals surface area (Å²) in [7, 11) is -3.66. The van der Waals surface area contributed by atoms with Crippen LogP contribution in [-0.2, 0) is 10.0 Å². The van der Waals surface area contributed by atoms with Crippen LogP contribution < -0.4 is 69.6 Å². The Morgan fingerprint density at radius 1 is 1.05 bits per heavy atom. The summed E-state index contributed by atoms with van der Waals surface area (Å²) in [6.45, 7) is 0. The molecule has 92 valence electrons. The maximum Gasteiger partial charge on any atom is 1.00 e. The van der Waals surface area contributed by atoms with Gasteiger partial charge in [0.25, 0.3) is 10.0 Å². The third-order valence-electron chi connectivity index (χ3n) is 1.98. The molecule has 0 atom stereocenters. The fraction of sp³-hybridized carbons (Fsp3) is 0. The van der Waals surface area contributed by atoms with Gasteiger partial charge in [-0.15, -0.1) is 0 Å². The molecule has 9 heteroatoms. The molecule has 0 radical (unpaired) electrons. The molecule has 0 spiro atoms. The quantitative estimate of drug-likeness (QED) is 0.437. The van der Waals surface area contributed by atoms with E-state index in [1.54, 1.807) is 6.07 Å². The van der Waals surface area contributed by atoms with E-state index in [0.717, 1.165) is 0 Å². The van der Waals surface area contributed by atoms with Crippen molar-refractivity contribution in [2.75, 3.05) is 10.5 Å². The van der Waals surface area contributed by atoms with Gasteiger partial charge in [-0.1, -0.05) is 0 Å². The van der Waals surface area contributed by atoms with Gasteiger partial charge in [0, 0.05) is 18.1 Å². The number of nitrogens with two attached hydrogens (primary N) is 1. The molecule has 1 aromatic heterocycles. The number of nitrogen functional groups attached to an aromatic ring is 1. The van der Waals surface area contributed by atoms with Gasteiger partial charge < -0.3 is 8.59 Å². The van der Waals surface area contributed by atoms with Crippen molar-refractivity contribution in [2.24, 2.45) is 0 Å². The Kier molecular flexibility index (Phi) is 8.14. The zero-order chi connectivity index (χ0) is 12.3. The molecule has 0 fully saturated rings. The smallest absolute Gasteiger partial charge is 1.00 e. The van der Waals surface area contributed by atoms with Crippen molar-refractivity contribution in [2.45, 2.75) is 4.90 Å². The summed E-state index contributed by atoms with van der Waals surface area (Å²) in [5, 5.41) is 0. The molecule has 0 aliphatic carbocycles. The van der Waals surface area contributed by atoms with Gasteiger partial charge in [-0.25, -0.2) is 23.1 Å². The van der Waals surface area contributed by atoms with Gasteiger partial charge >= 0.3 is 59.1 Å². The molecular weight excluding hydrogens is 286 g/mol. The average Bonchev–Trinajstić information content (AvgIpc) is 2.30. The maximum atomic E-state index is 11.9. The molecule has 0 bridgehead atoms. The molecule has 2 rings (SSSR count). The van der Waals surface area contributed by atoms with Crippen molar-refractivity contribution in [3.63, 3.8) is 0 Å². The van der Waals surface area contributed by atoms with E-state index >= 15 is 0 Å². The van der Waals surface area contributed by atoms with E-state index < -0.39 is 10.0 Å². The number of benzene rings is 1. The molecule has 0 aliphatic heterocycles. The minimum atomic E-state index is -3.66. The third-order valence-corrected chi connectivity index (χ3v) is 3.33. The molecule has 6 nitrogen and oxygen atoms in total. The van der Waals surface area contributed by atoms with Crippen LogP contribution in [0.4, 0.5) is 11.6 Å². The number of anilines is 2. The second-order valence-electron chi connectivity index (χ2n) is 3.25. The number of hydrogen-bond donors (Lipinski definition) is 2. The minimum absolute atomic E-state index is 0. The van der Waals surface area contributed by atoms with Crippen LogP contribution in [-0.4, -0.2) is 18.4 Å². The van der Waals surface area contributed by atoms with Crippen LogP contribution in [0.5, 0.6) is 0 Å². The van der Waals surface area contributed by atoms with Crippen molar-refractivity contribution in [3.8, 4) is 0 Å². The first kappa shape index (κ1) is 18.9. The fourth-order valence-corrected chi connectivity index (χ4v) is 2.14. The summed E-state index contributed by atoms with van der Waals surface area (Å²) in [5.41, 5.74) is 5.98. The Hall–Kier alpha value is -0.150. The molecule has 2 aromatic rings. The van der Waals surface area contributed by atoms with Crippen LogP contribution in [0.2, 0.25) is 0 Å². The minimum Gasteiger partial charge on any atom is -1.00 e. The first-order valence-corrected chi connectivity index (χ1v) is 6.22. The van der Waals surface area contributed by atoms with Gasteiger partial charge in [-0.2, -0.15) is 0 Å². The predicted octanol–water partition coefficient (Wildman–Crippen LogP) is -4.91. The Bertz CT molecular complexity index is 615. The van der Waals surface area contributed by atoms with Gasteiger partial charge in [0.1, 0.15) is 0 Å². The Balaban J connectivity index is -0.000000810. The SMILES string of the molecule is Nc1ccc(S(=O)(=O)Nc2ncccn2)cc1.[H-].[H-].[Na+].[Na+]. The van der Waals surface area contributed by atoms with Crippen molar-refractivity contribution in [3.05, 3.63) is 42.7 Å². The van der Waals surface area contributed by atoms with E-state index in [4.69, 9.17) is 5.73 Å². The van der Waals surface area contributed by atoms with Crippen molar-refractivity contribution >= 4 is 21.7 Å². The number of sulfonamides is 1. The zero-order valence-electron chi connectivity index (χ0n) is 12.7. The largest absolute Gasteiger partial charge is 1.00 e. The van der Waals surface area contributed by atoms with Gasteiger partial charge in [0.2, 0.25) is 5.95 Å². The second-order valence-corrected chi connectivity index (χ2v) is 4.93. The summed E-state index contributed by atoms with van der Waals surface area (Å²) in [6, 6.07) is 7.46. The van der Waals surface area contributed by atoms with E-state index in [1.807, 2.05) is 0 Å². The summed E-state index contributed by atoms with van der Waals surface area (Å²) in [5.74, 6) is 0.0318. The van der Waals surface area contributed by atoms with Crippen LogP contribution in [0.25, 0.3) is 0 Å². The second kappa shape index (κ2) is 8.21. The van der Waals surface area contributed by atoms with Crippen molar-refractivity contribution in [1.82, 2.24) is 9.97 Å². The average molecular weight is 298 g/mol. The van der Waals surface area contributed by atoms with E-state index in [1.165, 1.54) is 36.7 Å². The first-order valence-electron chi connectivity index (χ1n) is 4.73. The Morgan fingerprint density at radius 2 is 1.58 bits per heavy atom. The van der Waals surface area contributed by atoms with E-state index in [-0.39, 0.29) is 72.8 Å². The third kappa shape index (κ3) is 5.39. The van der Waals surface area contributed by atoms with Gasteiger partial charge in [0.05, 0.1) is 4.90 Å². The number of nitrogens with one attached hydrogen (secondary N) is 1. The van der Waals surface area contributed by atoms with Gasteiger partial charge in [0.15, 0.2) is 0 Å². The van der Waals surface area contributed by atoms with Crippen LogP contribution in [0.15, 0.2) is 47.6 Å². The molecule has 3 N–H and O–H groups in total. The maximum absolute atomic E-state index is 11.9. The molecule has 0 amide bonds. The standard InChI is InChI=1S/C10H10N4O2S.2Na.2H/c11-8-2-4-9(5-3-8)17(15,16)14-10-12-6-1-7-13-10;;;;/h1-7H,11H2,(H,12,13,14);;;;/q;2*+1;2*-1. The Morgan fingerprint density at radius 3 is 2.11 bits per heavy atom. The molecule has 0 saturated heterocycles. The summed E-state index contributed by atoms with van der Waals surface area (Å²) >= 11 is 0. The number of nitrogens with zero attached hydrogens (tertiary/aromatic N) is 2. The molecule has 1 heterocycles.